The summed E-state index contributed by atoms with van der Waals surface area (Å²) >= 11 is 5.95. The van der Waals surface area contributed by atoms with Crippen LogP contribution in [-0.4, -0.2) is 12.5 Å². The summed E-state index contributed by atoms with van der Waals surface area (Å²) in [6.07, 6.45) is 1.99. The molecule has 1 aliphatic rings. The molecule has 2 aromatic carbocycles. The van der Waals surface area contributed by atoms with E-state index < -0.39 is 0 Å². The molecule has 1 amide bonds. The topological polar surface area (TPSA) is 47.6 Å². The van der Waals surface area contributed by atoms with E-state index in [1.165, 1.54) is 6.08 Å². The van der Waals surface area contributed by atoms with Crippen LogP contribution in [-0.2, 0) is 4.79 Å². The van der Waals surface area contributed by atoms with Crippen molar-refractivity contribution in [3.8, 4) is 17.2 Å². The first-order chi connectivity index (χ1) is 11.2. The molecule has 23 heavy (non-hydrogen) atoms. The van der Waals surface area contributed by atoms with Crippen LogP contribution in [0.3, 0.4) is 0 Å². The number of hydrogen-bond donors (Lipinski definition) is 1. The predicted octanol–water partition coefficient (Wildman–Crippen LogP) is 4.26. The lowest BCUT2D eigenvalue weighted by Gasteiger charge is -2.26. The molecule has 0 saturated heterocycles. The summed E-state index contributed by atoms with van der Waals surface area (Å²) in [4.78, 5) is 11.5. The van der Waals surface area contributed by atoms with E-state index in [2.05, 4.69) is 11.9 Å². The van der Waals surface area contributed by atoms with Gasteiger partial charge in [-0.3, -0.25) is 4.79 Å². The van der Waals surface area contributed by atoms with Crippen molar-refractivity contribution in [3.63, 3.8) is 0 Å². The molecule has 2 aromatic rings. The molecule has 0 bridgehead atoms. The normalized spacial score (nSPS) is 16.0. The van der Waals surface area contributed by atoms with Gasteiger partial charge in [0.15, 0.2) is 0 Å². The first kappa shape index (κ1) is 15.4. The average molecular weight is 330 g/mol. The van der Waals surface area contributed by atoms with Gasteiger partial charge in [-0.2, -0.15) is 0 Å². The molecule has 0 spiro atoms. The summed E-state index contributed by atoms with van der Waals surface area (Å²) < 4.78 is 11.5. The van der Waals surface area contributed by atoms with Gasteiger partial charge in [0.05, 0.1) is 12.6 Å². The van der Waals surface area contributed by atoms with Crippen molar-refractivity contribution in [2.45, 2.75) is 12.5 Å². The maximum atomic E-state index is 11.5. The van der Waals surface area contributed by atoms with Gasteiger partial charge in [-0.1, -0.05) is 24.2 Å². The number of carbonyl (C=O) groups excluding carboxylic acids is 1. The van der Waals surface area contributed by atoms with Crippen molar-refractivity contribution < 1.29 is 14.3 Å². The smallest absolute Gasteiger partial charge is 0.243 e. The standard InChI is InChI=1S/C18H16ClNO3/c1-2-18(21)20-16-8-9-22-17-11-14(6-7-15(16)17)23-13-5-3-4-12(19)10-13/h2-7,10-11,16H,1,8-9H2,(H,20,21). The van der Waals surface area contributed by atoms with Crippen LogP contribution in [0.25, 0.3) is 0 Å². The van der Waals surface area contributed by atoms with E-state index in [-0.39, 0.29) is 11.9 Å². The fourth-order valence-electron chi connectivity index (χ4n) is 2.48. The van der Waals surface area contributed by atoms with E-state index in [4.69, 9.17) is 21.1 Å². The molecule has 0 aromatic heterocycles. The Labute approximate surface area is 139 Å². The maximum Gasteiger partial charge on any atom is 0.243 e. The molecule has 1 N–H and O–H groups in total. The van der Waals surface area contributed by atoms with Crippen LogP contribution in [0.2, 0.25) is 5.02 Å². The van der Waals surface area contributed by atoms with Gasteiger partial charge < -0.3 is 14.8 Å². The van der Waals surface area contributed by atoms with Crippen LogP contribution in [0.5, 0.6) is 17.2 Å². The molecule has 3 rings (SSSR count). The highest BCUT2D eigenvalue weighted by molar-refractivity contribution is 6.30. The summed E-state index contributed by atoms with van der Waals surface area (Å²) in [7, 11) is 0. The Morgan fingerprint density at radius 3 is 2.91 bits per heavy atom. The highest BCUT2D eigenvalue weighted by atomic mass is 35.5. The fraction of sp³-hybridized carbons (Fsp3) is 0.167. The molecular weight excluding hydrogens is 314 g/mol. The minimum atomic E-state index is -0.192. The zero-order chi connectivity index (χ0) is 16.2. The van der Waals surface area contributed by atoms with Gasteiger partial charge in [-0.25, -0.2) is 0 Å². The molecule has 0 aliphatic carbocycles. The van der Waals surface area contributed by atoms with Gasteiger partial charge in [-0.05, 0) is 36.4 Å². The monoisotopic (exact) mass is 329 g/mol. The Morgan fingerprint density at radius 2 is 2.13 bits per heavy atom. The molecule has 0 saturated carbocycles. The summed E-state index contributed by atoms with van der Waals surface area (Å²) in [6, 6.07) is 12.7. The molecule has 5 heteroatoms. The minimum absolute atomic E-state index is 0.0792. The van der Waals surface area contributed by atoms with Crippen LogP contribution >= 0.6 is 11.6 Å². The average Bonchev–Trinajstić information content (AvgIpc) is 2.55. The lowest BCUT2D eigenvalue weighted by molar-refractivity contribution is -0.117. The maximum absolute atomic E-state index is 11.5. The Morgan fingerprint density at radius 1 is 1.30 bits per heavy atom. The number of hydrogen-bond acceptors (Lipinski definition) is 3. The highest BCUT2D eigenvalue weighted by Gasteiger charge is 2.23. The van der Waals surface area contributed by atoms with Crippen LogP contribution in [0.1, 0.15) is 18.0 Å². The Hall–Kier alpha value is -2.46. The lowest BCUT2D eigenvalue weighted by Crippen LogP contribution is -2.30. The molecule has 118 valence electrons. The van der Waals surface area contributed by atoms with E-state index in [1.54, 1.807) is 12.1 Å². The number of amides is 1. The van der Waals surface area contributed by atoms with Gasteiger partial charge in [0.2, 0.25) is 5.91 Å². The van der Waals surface area contributed by atoms with E-state index in [0.717, 1.165) is 12.0 Å². The van der Waals surface area contributed by atoms with Crippen LogP contribution in [0.4, 0.5) is 0 Å². The van der Waals surface area contributed by atoms with E-state index in [1.807, 2.05) is 30.3 Å². The summed E-state index contributed by atoms with van der Waals surface area (Å²) in [5, 5.41) is 3.52. The first-order valence-corrected chi connectivity index (χ1v) is 7.66. The number of benzene rings is 2. The van der Waals surface area contributed by atoms with E-state index >= 15 is 0 Å². The third kappa shape index (κ3) is 3.66. The third-order valence-electron chi connectivity index (χ3n) is 3.56. The van der Waals surface area contributed by atoms with Crippen molar-refractivity contribution in [1.82, 2.24) is 5.32 Å². The lowest BCUT2D eigenvalue weighted by atomic mass is 10.0. The fourth-order valence-corrected chi connectivity index (χ4v) is 2.66. The Kier molecular flexibility index (Phi) is 4.53. The van der Waals surface area contributed by atoms with Crippen molar-refractivity contribution in [3.05, 3.63) is 65.7 Å². The first-order valence-electron chi connectivity index (χ1n) is 7.29. The van der Waals surface area contributed by atoms with Gasteiger partial charge in [0.1, 0.15) is 17.2 Å². The number of ether oxygens (including phenoxy) is 2. The molecule has 0 fully saturated rings. The van der Waals surface area contributed by atoms with Crippen molar-refractivity contribution in [2.24, 2.45) is 0 Å². The number of halogens is 1. The van der Waals surface area contributed by atoms with Gasteiger partial charge in [0.25, 0.3) is 0 Å². The predicted molar refractivity (Wildman–Crippen MR) is 89.2 cm³/mol. The minimum Gasteiger partial charge on any atom is -0.493 e. The molecule has 1 atom stereocenters. The van der Waals surface area contributed by atoms with Crippen LogP contribution < -0.4 is 14.8 Å². The van der Waals surface area contributed by atoms with Gasteiger partial charge in [-0.15, -0.1) is 0 Å². The SMILES string of the molecule is C=CC(=O)NC1CCOc2cc(Oc3cccc(Cl)c3)ccc21. The highest BCUT2D eigenvalue weighted by Crippen LogP contribution is 2.36. The number of carbonyl (C=O) groups is 1. The molecular formula is C18H16ClNO3. The van der Waals surface area contributed by atoms with Gasteiger partial charge >= 0.3 is 0 Å². The third-order valence-corrected chi connectivity index (χ3v) is 3.79. The molecule has 4 nitrogen and oxygen atoms in total. The quantitative estimate of drug-likeness (QED) is 0.853. The zero-order valence-corrected chi connectivity index (χ0v) is 13.2. The van der Waals surface area contributed by atoms with Crippen LogP contribution in [0.15, 0.2) is 55.1 Å². The molecule has 1 unspecified atom stereocenters. The van der Waals surface area contributed by atoms with Crippen molar-refractivity contribution in [1.29, 1.82) is 0 Å². The van der Waals surface area contributed by atoms with Gasteiger partial charge in [0, 0.05) is 23.1 Å². The Balaban J connectivity index is 1.81. The second kappa shape index (κ2) is 6.75. The van der Waals surface area contributed by atoms with Crippen molar-refractivity contribution in [2.75, 3.05) is 6.61 Å². The number of nitrogens with one attached hydrogen (secondary N) is 1. The Bertz CT molecular complexity index is 745. The number of rotatable bonds is 4. The summed E-state index contributed by atoms with van der Waals surface area (Å²) in [5.74, 6) is 1.83. The van der Waals surface area contributed by atoms with Crippen molar-refractivity contribution >= 4 is 17.5 Å². The number of fused-ring (bicyclic) bond motifs is 1. The zero-order valence-electron chi connectivity index (χ0n) is 12.4. The van der Waals surface area contributed by atoms with Crippen LogP contribution in [0, 0.1) is 0 Å². The second-order valence-electron chi connectivity index (χ2n) is 5.16. The molecule has 1 aliphatic heterocycles. The largest absolute Gasteiger partial charge is 0.493 e. The van der Waals surface area contributed by atoms with E-state index in [9.17, 15) is 4.79 Å². The summed E-state index contributed by atoms with van der Waals surface area (Å²) in [5.41, 5.74) is 0.935. The molecule has 1 heterocycles. The van der Waals surface area contributed by atoms with E-state index in [0.29, 0.717) is 28.9 Å². The second-order valence-corrected chi connectivity index (χ2v) is 5.60. The summed E-state index contributed by atoms with van der Waals surface area (Å²) in [6.45, 7) is 4.01. The molecule has 0 radical (unpaired) electrons.